The maximum Gasteiger partial charge on any atom is 0.139 e. The number of fused-ring (bicyclic) bond motifs is 5. The molecule has 188 valence electrons. The molecule has 0 bridgehead atoms. The van der Waals surface area contributed by atoms with Crippen LogP contribution in [0, 0.1) is 34.5 Å². The van der Waals surface area contributed by atoms with E-state index in [9.17, 15) is 4.79 Å². The molecule has 4 aliphatic carbocycles. The molecule has 0 N–H and O–H groups in total. The summed E-state index contributed by atoms with van der Waals surface area (Å²) in [5.41, 5.74) is 2.64. The number of rotatable bonds is 7. The molecule has 0 aromatic carbocycles. The predicted molar refractivity (Wildman–Crippen MR) is 132 cm³/mol. The molecule has 7 nitrogen and oxygen atoms in total. The van der Waals surface area contributed by atoms with Crippen LogP contribution in [-0.2, 0) is 22.6 Å². The number of carbonyl (C=O) groups is 1. The van der Waals surface area contributed by atoms with Crippen molar-refractivity contribution < 1.29 is 9.63 Å². The number of likely N-dealkylation sites (N-methyl/N-ethyl adjacent to an activating group) is 1. The van der Waals surface area contributed by atoms with Crippen LogP contribution in [0.2, 0.25) is 0 Å². The van der Waals surface area contributed by atoms with E-state index in [1.165, 1.54) is 31.4 Å². The van der Waals surface area contributed by atoms with Crippen LogP contribution in [0.3, 0.4) is 0 Å². The average Bonchev–Trinajstić information content (AvgIpc) is 3.39. The summed E-state index contributed by atoms with van der Waals surface area (Å²) in [5.74, 6) is 3.43. The van der Waals surface area contributed by atoms with E-state index in [2.05, 4.69) is 48.3 Å². The van der Waals surface area contributed by atoms with Crippen molar-refractivity contribution in [2.24, 2.45) is 39.7 Å². The molecule has 6 unspecified atom stereocenters. The first kappa shape index (κ1) is 24.0. The SMILES string of the molecule is CN(C)CCc1cn(CCON=C2CCC3(C)C(CCC4C5CCC(=O)C5(C)CCC43)C2)nn1. The molecule has 1 aromatic heterocycles. The van der Waals surface area contributed by atoms with Crippen molar-refractivity contribution in [2.45, 2.75) is 84.6 Å². The highest BCUT2D eigenvalue weighted by molar-refractivity contribution is 5.87. The Bertz CT molecular complexity index is 926. The molecule has 0 aliphatic heterocycles. The van der Waals surface area contributed by atoms with E-state index in [0.29, 0.717) is 36.2 Å². The van der Waals surface area contributed by atoms with Gasteiger partial charge in [0.05, 0.1) is 18.0 Å². The monoisotopic (exact) mass is 469 g/mol. The number of hydrogen-bond acceptors (Lipinski definition) is 6. The van der Waals surface area contributed by atoms with E-state index in [1.54, 1.807) is 0 Å². The van der Waals surface area contributed by atoms with Crippen LogP contribution in [0.4, 0.5) is 0 Å². The van der Waals surface area contributed by atoms with Crippen LogP contribution in [-0.4, -0.2) is 58.6 Å². The molecule has 0 saturated heterocycles. The van der Waals surface area contributed by atoms with Gasteiger partial charge in [0.2, 0.25) is 0 Å². The van der Waals surface area contributed by atoms with Gasteiger partial charge in [-0.25, -0.2) is 4.68 Å². The van der Waals surface area contributed by atoms with Gasteiger partial charge in [0, 0.05) is 31.0 Å². The van der Waals surface area contributed by atoms with E-state index in [-0.39, 0.29) is 5.41 Å². The zero-order valence-electron chi connectivity index (χ0n) is 21.6. The number of oxime groups is 1. The van der Waals surface area contributed by atoms with E-state index in [0.717, 1.165) is 62.6 Å². The quantitative estimate of drug-likeness (QED) is 0.438. The number of aromatic nitrogens is 3. The number of carbonyl (C=O) groups excluding carboxylic acids is 1. The Hall–Kier alpha value is -1.76. The lowest BCUT2D eigenvalue weighted by atomic mass is 9.45. The van der Waals surface area contributed by atoms with Crippen molar-refractivity contribution in [1.29, 1.82) is 0 Å². The Morgan fingerprint density at radius 1 is 1.15 bits per heavy atom. The zero-order chi connectivity index (χ0) is 23.9. The molecule has 0 amide bonds. The highest BCUT2D eigenvalue weighted by atomic mass is 16.6. The molecule has 0 spiro atoms. The molecule has 34 heavy (non-hydrogen) atoms. The van der Waals surface area contributed by atoms with Crippen molar-refractivity contribution in [3.8, 4) is 0 Å². The van der Waals surface area contributed by atoms with E-state index < -0.39 is 0 Å². The predicted octanol–water partition coefficient (Wildman–Crippen LogP) is 4.37. The molecule has 4 fully saturated rings. The second-order valence-electron chi connectivity index (χ2n) is 12.3. The zero-order valence-corrected chi connectivity index (χ0v) is 21.6. The number of ketones is 1. The summed E-state index contributed by atoms with van der Waals surface area (Å²) in [6.45, 7) is 7.02. The average molecular weight is 470 g/mol. The van der Waals surface area contributed by atoms with E-state index in [1.807, 2.05) is 10.9 Å². The Morgan fingerprint density at radius 2 is 2.00 bits per heavy atom. The fourth-order valence-electron chi connectivity index (χ4n) is 8.09. The summed E-state index contributed by atoms with van der Waals surface area (Å²) in [5, 5.41) is 13.0. The van der Waals surface area contributed by atoms with Gasteiger partial charge in [0.15, 0.2) is 0 Å². The van der Waals surface area contributed by atoms with Gasteiger partial charge in [-0.05, 0) is 94.5 Å². The molecule has 4 aliphatic rings. The van der Waals surface area contributed by atoms with Crippen molar-refractivity contribution in [1.82, 2.24) is 19.9 Å². The molecule has 6 atom stereocenters. The Labute approximate surface area is 204 Å². The van der Waals surface area contributed by atoms with Gasteiger partial charge in [0.1, 0.15) is 12.4 Å². The normalized spacial score (nSPS) is 38.6. The van der Waals surface area contributed by atoms with Crippen molar-refractivity contribution >= 4 is 11.5 Å². The Morgan fingerprint density at radius 3 is 2.82 bits per heavy atom. The molecule has 1 heterocycles. The Kier molecular flexibility index (Phi) is 6.60. The summed E-state index contributed by atoms with van der Waals surface area (Å²) in [6.07, 6.45) is 13.2. The first-order valence-electron chi connectivity index (χ1n) is 13.5. The maximum atomic E-state index is 12.6. The summed E-state index contributed by atoms with van der Waals surface area (Å²) in [7, 11) is 4.14. The van der Waals surface area contributed by atoms with Crippen molar-refractivity contribution in [2.75, 3.05) is 27.2 Å². The minimum atomic E-state index is -0.0172. The molecule has 0 radical (unpaired) electrons. The molecule has 4 saturated carbocycles. The second-order valence-corrected chi connectivity index (χ2v) is 12.3. The standard InChI is InChI=1S/C27H43N5O2/c1-26-12-9-20(29-34-16-15-32-18-21(28-30-32)11-14-31(3)4)17-19(26)5-6-22-23-7-8-25(33)27(23,2)13-10-24(22)26/h18-19,22-24H,5-17H2,1-4H3. The van der Waals surface area contributed by atoms with Crippen LogP contribution in [0.15, 0.2) is 11.4 Å². The lowest BCUT2D eigenvalue weighted by Crippen LogP contribution is -2.53. The fourth-order valence-corrected chi connectivity index (χ4v) is 8.09. The number of Topliss-reactive ketones (excluding diaryl/α,β-unsaturated/α-hetero) is 1. The van der Waals surface area contributed by atoms with Crippen molar-refractivity contribution in [3.05, 3.63) is 11.9 Å². The van der Waals surface area contributed by atoms with Crippen molar-refractivity contribution in [3.63, 3.8) is 0 Å². The molecular formula is C27H43N5O2. The first-order valence-corrected chi connectivity index (χ1v) is 13.5. The second kappa shape index (κ2) is 9.36. The first-order chi connectivity index (χ1) is 16.3. The van der Waals surface area contributed by atoms with Crippen LogP contribution >= 0.6 is 0 Å². The molecular weight excluding hydrogens is 426 g/mol. The van der Waals surface area contributed by atoms with Gasteiger partial charge in [0.25, 0.3) is 0 Å². The third-order valence-corrected chi connectivity index (χ3v) is 10.2. The van der Waals surface area contributed by atoms with Crippen LogP contribution < -0.4 is 0 Å². The smallest absolute Gasteiger partial charge is 0.139 e. The molecule has 1 aromatic rings. The minimum absolute atomic E-state index is 0.0172. The van der Waals surface area contributed by atoms with Gasteiger partial charge < -0.3 is 9.74 Å². The van der Waals surface area contributed by atoms with Crippen LogP contribution in [0.25, 0.3) is 0 Å². The lowest BCUT2D eigenvalue weighted by molar-refractivity contribution is -0.137. The summed E-state index contributed by atoms with van der Waals surface area (Å²) in [4.78, 5) is 20.5. The van der Waals surface area contributed by atoms with Gasteiger partial charge >= 0.3 is 0 Å². The van der Waals surface area contributed by atoms with Gasteiger partial charge in [-0.3, -0.25) is 4.79 Å². The van der Waals surface area contributed by atoms with Gasteiger partial charge in [-0.15, -0.1) is 5.10 Å². The third-order valence-electron chi connectivity index (χ3n) is 10.2. The third kappa shape index (κ3) is 4.33. The molecule has 7 heteroatoms. The van der Waals surface area contributed by atoms with Crippen LogP contribution in [0.5, 0.6) is 0 Å². The summed E-state index contributed by atoms with van der Waals surface area (Å²) < 4.78 is 1.86. The highest BCUT2D eigenvalue weighted by Crippen LogP contribution is 2.65. The van der Waals surface area contributed by atoms with E-state index in [4.69, 9.17) is 4.84 Å². The minimum Gasteiger partial charge on any atom is -0.394 e. The number of nitrogens with zero attached hydrogens (tertiary/aromatic N) is 5. The maximum absolute atomic E-state index is 12.6. The van der Waals surface area contributed by atoms with E-state index >= 15 is 0 Å². The summed E-state index contributed by atoms with van der Waals surface area (Å²) in [6, 6.07) is 0. The fraction of sp³-hybridized carbons (Fsp3) is 0.852. The Balaban J connectivity index is 1.13. The topological polar surface area (TPSA) is 72.6 Å². The molecule has 5 rings (SSSR count). The highest BCUT2D eigenvalue weighted by Gasteiger charge is 2.60. The van der Waals surface area contributed by atoms with Crippen LogP contribution in [0.1, 0.15) is 77.3 Å². The summed E-state index contributed by atoms with van der Waals surface area (Å²) >= 11 is 0. The largest absolute Gasteiger partial charge is 0.394 e. The lowest BCUT2D eigenvalue weighted by Gasteiger charge is -2.59. The number of hydrogen-bond donors (Lipinski definition) is 0. The van der Waals surface area contributed by atoms with Gasteiger partial charge in [-0.2, -0.15) is 0 Å². The van der Waals surface area contributed by atoms with Gasteiger partial charge in [-0.1, -0.05) is 24.2 Å².